The van der Waals surface area contributed by atoms with Crippen LogP contribution in [0.1, 0.15) is 52.4 Å². The topological polar surface area (TPSA) is 12.0 Å². The van der Waals surface area contributed by atoms with Gasteiger partial charge in [0.1, 0.15) is 0 Å². The second-order valence-electron chi connectivity index (χ2n) is 5.23. The summed E-state index contributed by atoms with van der Waals surface area (Å²) in [5.41, 5.74) is 0.556. The van der Waals surface area contributed by atoms with E-state index >= 15 is 0 Å². The molecular weight excluding hydrogens is 146 g/mol. The SMILES string of the molecule is CC1(C)CCCCC1NC1CC1. The van der Waals surface area contributed by atoms with Gasteiger partial charge >= 0.3 is 0 Å². The van der Waals surface area contributed by atoms with E-state index in [1.165, 1.54) is 38.5 Å². The van der Waals surface area contributed by atoms with Gasteiger partial charge in [0.25, 0.3) is 0 Å². The molecule has 1 unspecified atom stereocenters. The molecule has 0 aliphatic heterocycles. The van der Waals surface area contributed by atoms with Crippen molar-refractivity contribution in [3.63, 3.8) is 0 Å². The van der Waals surface area contributed by atoms with Crippen molar-refractivity contribution in [2.75, 3.05) is 0 Å². The Morgan fingerprint density at radius 2 is 1.83 bits per heavy atom. The average Bonchev–Trinajstić information content (AvgIpc) is 2.77. The number of hydrogen-bond acceptors (Lipinski definition) is 1. The van der Waals surface area contributed by atoms with Crippen molar-refractivity contribution in [2.45, 2.75) is 64.5 Å². The summed E-state index contributed by atoms with van der Waals surface area (Å²) in [5.74, 6) is 0. The summed E-state index contributed by atoms with van der Waals surface area (Å²) >= 11 is 0. The molecule has 2 aliphatic carbocycles. The Morgan fingerprint density at radius 1 is 1.08 bits per heavy atom. The van der Waals surface area contributed by atoms with Crippen LogP contribution in [0.2, 0.25) is 0 Å². The van der Waals surface area contributed by atoms with Crippen LogP contribution < -0.4 is 5.32 Å². The predicted octanol–water partition coefficient (Wildman–Crippen LogP) is 2.71. The van der Waals surface area contributed by atoms with E-state index in [1.807, 2.05) is 0 Å². The van der Waals surface area contributed by atoms with Gasteiger partial charge in [-0.2, -0.15) is 0 Å². The number of rotatable bonds is 2. The van der Waals surface area contributed by atoms with Crippen LogP contribution in [0.15, 0.2) is 0 Å². The quantitative estimate of drug-likeness (QED) is 0.667. The summed E-state index contributed by atoms with van der Waals surface area (Å²) in [6, 6.07) is 1.69. The molecule has 2 fully saturated rings. The second kappa shape index (κ2) is 3.02. The van der Waals surface area contributed by atoms with Crippen LogP contribution in [0, 0.1) is 5.41 Å². The van der Waals surface area contributed by atoms with Crippen LogP contribution in [-0.4, -0.2) is 12.1 Å². The van der Waals surface area contributed by atoms with Gasteiger partial charge in [0.2, 0.25) is 0 Å². The fraction of sp³-hybridized carbons (Fsp3) is 1.00. The highest BCUT2D eigenvalue weighted by atomic mass is 15.0. The molecule has 0 spiro atoms. The van der Waals surface area contributed by atoms with E-state index in [9.17, 15) is 0 Å². The normalized spacial score (nSPS) is 35.0. The molecule has 0 saturated heterocycles. The molecule has 1 nitrogen and oxygen atoms in total. The number of nitrogens with one attached hydrogen (secondary N) is 1. The zero-order chi connectivity index (χ0) is 8.60. The zero-order valence-corrected chi connectivity index (χ0v) is 8.40. The molecule has 0 aromatic rings. The summed E-state index contributed by atoms with van der Waals surface area (Å²) in [6.07, 6.45) is 8.55. The molecular formula is C11H21N. The maximum Gasteiger partial charge on any atom is 0.0121 e. The molecule has 2 aliphatic rings. The average molecular weight is 167 g/mol. The van der Waals surface area contributed by atoms with Gasteiger partial charge in [-0.05, 0) is 31.1 Å². The molecule has 0 radical (unpaired) electrons. The van der Waals surface area contributed by atoms with Crippen LogP contribution in [0.4, 0.5) is 0 Å². The van der Waals surface area contributed by atoms with Gasteiger partial charge < -0.3 is 5.32 Å². The van der Waals surface area contributed by atoms with Crippen molar-refractivity contribution in [2.24, 2.45) is 5.41 Å². The van der Waals surface area contributed by atoms with E-state index in [1.54, 1.807) is 0 Å². The largest absolute Gasteiger partial charge is 0.311 e. The first-order chi connectivity index (χ1) is 5.68. The Hall–Kier alpha value is -0.0400. The molecule has 70 valence electrons. The maximum atomic E-state index is 3.78. The van der Waals surface area contributed by atoms with Crippen molar-refractivity contribution in [1.82, 2.24) is 5.32 Å². The van der Waals surface area contributed by atoms with E-state index in [0.29, 0.717) is 5.41 Å². The Labute approximate surface area is 75.9 Å². The second-order valence-corrected chi connectivity index (χ2v) is 5.23. The van der Waals surface area contributed by atoms with Gasteiger partial charge in [-0.3, -0.25) is 0 Å². The monoisotopic (exact) mass is 167 g/mol. The van der Waals surface area contributed by atoms with E-state index in [0.717, 1.165) is 12.1 Å². The van der Waals surface area contributed by atoms with Gasteiger partial charge in [0, 0.05) is 12.1 Å². The molecule has 2 rings (SSSR count). The lowest BCUT2D eigenvalue weighted by atomic mass is 9.73. The van der Waals surface area contributed by atoms with E-state index in [4.69, 9.17) is 0 Å². The predicted molar refractivity (Wildman–Crippen MR) is 52.2 cm³/mol. The van der Waals surface area contributed by atoms with Crippen molar-refractivity contribution in [3.05, 3.63) is 0 Å². The molecule has 0 aromatic carbocycles. The highest BCUT2D eigenvalue weighted by molar-refractivity contribution is 4.93. The van der Waals surface area contributed by atoms with Crippen molar-refractivity contribution < 1.29 is 0 Å². The fourth-order valence-corrected chi connectivity index (χ4v) is 2.34. The van der Waals surface area contributed by atoms with Crippen LogP contribution in [-0.2, 0) is 0 Å². The Morgan fingerprint density at radius 3 is 2.42 bits per heavy atom. The van der Waals surface area contributed by atoms with Crippen LogP contribution in [0.3, 0.4) is 0 Å². The molecule has 1 heteroatoms. The Bertz CT molecular complexity index is 158. The van der Waals surface area contributed by atoms with Gasteiger partial charge in [-0.1, -0.05) is 26.7 Å². The van der Waals surface area contributed by atoms with Crippen LogP contribution in [0.5, 0.6) is 0 Å². The van der Waals surface area contributed by atoms with Gasteiger partial charge in [0.15, 0.2) is 0 Å². The lowest BCUT2D eigenvalue weighted by Gasteiger charge is -2.39. The highest BCUT2D eigenvalue weighted by Crippen LogP contribution is 2.37. The van der Waals surface area contributed by atoms with E-state index in [-0.39, 0.29) is 0 Å². The minimum Gasteiger partial charge on any atom is -0.311 e. The first-order valence-corrected chi connectivity index (χ1v) is 5.44. The van der Waals surface area contributed by atoms with Crippen LogP contribution >= 0.6 is 0 Å². The Balaban J connectivity index is 1.90. The minimum atomic E-state index is 0.556. The Kier molecular flexibility index (Phi) is 2.16. The summed E-state index contributed by atoms with van der Waals surface area (Å²) < 4.78 is 0. The van der Waals surface area contributed by atoms with Crippen LogP contribution in [0.25, 0.3) is 0 Å². The summed E-state index contributed by atoms with van der Waals surface area (Å²) in [4.78, 5) is 0. The maximum absolute atomic E-state index is 3.78. The van der Waals surface area contributed by atoms with E-state index < -0.39 is 0 Å². The first-order valence-electron chi connectivity index (χ1n) is 5.44. The lowest BCUT2D eigenvalue weighted by Crippen LogP contribution is -2.45. The summed E-state index contributed by atoms with van der Waals surface area (Å²) in [6.45, 7) is 4.85. The van der Waals surface area contributed by atoms with Gasteiger partial charge in [0.05, 0.1) is 0 Å². The third-order valence-corrected chi connectivity index (χ3v) is 3.52. The molecule has 2 saturated carbocycles. The van der Waals surface area contributed by atoms with E-state index in [2.05, 4.69) is 19.2 Å². The zero-order valence-electron chi connectivity index (χ0n) is 8.40. The molecule has 1 N–H and O–H groups in total. The number of hydrogen-bond donors (Lipinski definition) is 1. The molecule has 0 aromatic heterocycles. The van der Waals surface area contributed by atoms with Crippen molar-refractivity contribution >= 4 is 0 Å². The van der Waals surface area contributed by atoms with Crippen molar-refractivity contribution in [3.8, 4) is 0 Å². The summed E-state index contributed by atoms with van der Waals surface area (Å²) in [5, 5.41) is 3.78. The molecule has 0 amide bonds. The molecule has 0 bridgehead atoms. The molecule has 1 atom stereocenters. The fourth-order valence-electron chi connectivity index (χ4n) is 2.34. The smallest absolute Gasteiger partial charge is 0.0121 e. The summed E-state index contributed by atoms with van der Waals surface area (Å²) in [7, 11) is 0. The highest BCUT2D eigenvalue weighted by Gasteiger charge is 2.35. The molecule has 12 heavy (non-hydrogen) atoms. The standard InChI is InChI=1S/C11H21N/c1-11(2)8-4-3-5-10(11)12-9-6-7-9/h9-10,12H,3-8H2,1-2H3. The van der Waals surface area contributed by atoms with Gasteiger partial charge in [-0.25, -0.2) is 0 Å². The third-order valence-electron chi connectivity index (χ3n) is 3.52. The third kappa shape index (κ3) is 1.82. The van der Waals surface area contributed by atoms with Crippen molar-refractivity contribution in [1.29, 1.82) is 0 Å². The lowest BCUT2D eigenvalue weighted by molar-refractivity contribution is 0.166. The minimum absolute atomic E-state index is 0.556. The first kappa shape index (κ1) is 8.55. The van der Waals surface area contributed by atoms with Gasteiger partial charge in [-0.15, -0.1) is 0 Å². The molecule has 0 heterocycles.